The third-order valence-electron chi connectivity index (χ3n) is 7.51. The summed E-state index contributed by atoms with van der Waals surface area (Å²) >= 11 is 0. The Hall–Kier alpha value is -3.77. The molecule has 9 nitrogen and oxygen atoms in total. The Bertz CT molecular complexity index is 1640. The molecule has 2 N–H and O–H groups in total. The maximum atomic E-state index is 13.2. The van der Waals surface area contributed by atoms with Crippen LogP contribution in [0, 0.1) is 0 Å². The molecule has 5 heterocycles. The summed E-state index contributed by atoms with van der Waals surface area (Å²) in [6, 6.07) is 9.44. The van der Waals surface area contributed by atoms with Gasteiger partial charge in [-0.2, -0.15) is 8.78 Å². The molecule has 4 atom stereocenters. The number of rotatable bonds is 4. The zero-order valence-electron chi connectivity index (χ0n) is 19.8. The number of carbonyl (C=O) groups excluding carboxylic acids is 1. The Labute approximate surface area is 217 Å². The van der Waals surface area contributed by atoms with Gasteiger partial charge in [0.25, 0.3) is 5.91 Å². The summed E-state index contributed by atoms with van der Waals surface area (Å²) < 4.78 is 45.1. The minimum atomic E-state index is -3.03. The fourth-order valence-electron chi connectivity index (χ4n) is 5.78. The molecule has 1 saturated heterocycles. The van der Waals surface area contributed by atoms with E-state index >= 15 is 0 Å². The number of fused-ring (bicyclic) bond motifs is 9. The number of halogens is 2. The Morgan fingerprint density at radius 1 is 1.18 bits per heavy atom. The van der Waals surface area contributed by atoms with Gasteiger partial charge in [-0.3, -0.25) is 9.00 Å². The van der Waals surface area contributed by atoms with Gasteiger partial charge in [-0.25, -0.2) is 15.0 Å². The molecular weight excluding hydrogens is 516 g/mol. The second-order valence-electron chi connectivity index (χ2n) is 9.78. The van der Waals surface area contributed by atoms with Crippen LogP contribution in [0.3, 0.4) is 0 Å². The van der Waals surface area contributed by atoms with E-state index in [1.807, 2.05) is 22.8 Å². The quantitative estimate of drug-likeness (QED) is 0.410. The molecule has 4 unspecified atom stereocenters. The standard InChI is InChI=1S/C26H21F2N5O4S/c27-25(28)37-20-3-1-2-15-21(20)19-9-17(32-23(15)34)22-31-16-5-4-13(8-18(16)33(19)22)14-10-29-24(30-11-14)26(35)6-7-38(36)12-26/h1-5,8,10-11,17,19,25,35H,6-7,9,12H2,(H,32,34). The number of carbonyl (C=O) groups is 1. The monoisotopic (exact) mass is 537 g/mol. The van der Waals surface area contributed by atoms with Gasteiger partial charge >= 0.3 is 6.61 Å². The highest BCUT2D eigenvalue weighted by Gasteiger charge is 2.42. The fraction of sp³-hybridized carbons (Fsp3) is 0.308. The number of ether oxygens (including phenoxy) is 1. The summed E-state index contributed by atoms with van der Waals surface area (Å²) in [4.78, 5) is 26.4. The van der Waals surface area contributed by atoms with E-state index in [2.05, 4.69) is 15.3 Å². The molecule has 2 bridgehead atoms. The lowest BCUT2D eigenvalue weighted by atomic mass is 9.97. The van der Waals surface area contributed by atoms with Gasteiger partial charge in [0, 0.05) is 45.6 Å². The van der Waals surface area contributed by atoms with Crippen molar-refractivity contribution in [2.45, 2.75) is 37.1 Å². The molecule has 194 valence electrons. The van der Waals surface area contributed by atoms with E-state index < -0.39 is 29.1 Å². The van der Waals surface area contributed by atoms with Crippen molar-refractivity contribution in [3.05, 3.63) is 71.6 Å². The first-order valence-corrected chi connectivity index (χ1v) is 13.6. The molecule has 0 spiro atoms. The van der Waals surface area contributed by atoms with Crippen molar-refractivity contribution in [3.8, 4) is 16.9 Å². The van der Waals surface area contributed by atoms with Crippen LogP contribution in [-0.4, -0.2) is 52.9 Å². The highest BCUT2D eigenvalue weighted by molar-refractivity contribution is 7.85. The number of hydrogen-bond donors (Lipinski definition) is 2. The predicted octanol–water partition coefficient (Wildman–Crippen LogP) is 3.21. The minimum Gasteiger partial charge on any atom is -0.434 e. The number of nitrogens with one attached hydrogen (secondary N) is 1. The molecular formula is C26H21F2N5O4S. The van der Waals surface area contributed by atoms with Crippen molar-refractivity contribution in [2.24, 2.45) is 0 Å². The number of benzene rings is 2. The molecule has 1 amide bonds. The van der Waals surface area contributed by atoms with Gasteiger partial charge in [0.1, 0.15) is 17.2 Å². The second kappa shape index (κ2) is 8.37. The number of aliphatic hydroxyl groups is 1. The Morgan fingerprint density at radius 2 is 2.00 bits per heavy atom. The van der Waals surface area contributed by atoms with Gasteiger partial charge in [-0.1, -0.05) is 12.1 Å². The average molecular weight is 538 g/mol. The molecule has 2 aromatic carbocycles. The van der Waals surface area contributed by atoms with Gasteiger partial charge in [0.2, 0.25) is 0 Å². The minimum absolute atomic E-state index is 0.0288. The first kappa shape index (κ1) is 23.4. The number of aromatic nitrogens is 4. The van der Waals surface area contributed by atoms with E-state index in [0.717, 1.165) is 11.1 Å². The lowest BCUT2D eigenvalue weighted by molar-refractivity contribution is -0.0507. The Morgan fingerprint density at radius 3 is 2.74 bits per heavy atom. The summed E-state index contributed by atoms with van der Waals surface area (Å²) in [7, 11) is -1.09. The first-order chi connectivity index (χ1) is 18.3. The van der Waals surface area contributed by atoms with E-state index in [4.69, 9.17) is 9.72 Å². The van der Waals surface area contributed by atoms with E-state index in [1.54, 1.807) is 18.5 Å². The summed E-state index contributed by atoms with van der Waals surface area (Å²) in [5.74, 6) is 1.06. The van der Waals surface area contributed by atoms with Crippen molar-refractivity contribution in [1.29, 1.82) is 0 Å². The van der Waals surface area contributed by atoms with Crippen LogP contribution in [0.25, 0.3) is 22.2 Å². The molecule has 4 aromatic rings. The smallest absolute Gasteiger partial charge is 0.387 e. The van der Waals surface area contributed by atoms with Gasteiger partial charge in [-0.15, -0.1) is 0 Å². The largest absolute Gasteiger partial charge is 0.434 e. The normalized spacial score (nSPS) is 25.8. The molecule has 0 saturated carbocycles. The van der Waals surface area contributed by atoms with Crippen molar-refractivity contribution in [3.63, 3.8) is 0 Å². The number of nitrogens with zero attached hydrogens (tertiary/aromatic N) is 4. The van der Waals surface area contributed by atoms with Crippen LogP contribution in [0.5, 0.6) is 5.75 Å². The molecule has 0 aliphatic carbocycles. The Balaban J connectivity index is 1.32. The van der Waals surface area contributed by atoms with Crippen LogP contribution in [0.15, 0.2) is 48.8 Å². The van der Waals surface area contributed by atoms with Gasteiger partial charge < -0.3 is 19.7 Å². The third-order valence-corrected chi connectivity index (χ3v) is 8.97. The zero-order chi connectivity index (χ0) is 26.2. The Kier molecular flexibility index (Phi) is 5.14. The van der Waals surface area contributed by atoms with Crippen molar-refractivity contribution in [1.82, 2.24) is 24.8 Å². The third kappa shape index (κ3) is 3.54. The first-order valence-electron chi connectivity index (χ1n) is 12.1. The summed E-state index contributed by atoms with van der Waals surface area (Å²) in [5, 5.41) is 13.8. The predicted molar refractivity (Wildman–Crippen MR) is 133 cm³/mol. The molecule has 12 heteroatoms. The summed E-state index contributed by atoms with van der Waals surface area (Å²) in [6.45, 7) is -3.03. The van der Waals surface area contributed by atoms with Crippen LogP contribution in [0.1, 0.15) is 52.5 Å². The van der Waals surface area contributed by atoms with Crippen LogP contribution >= 0.6 is 0 Å². The average Bonchev–Trinajstić information content (AvgIpc) is 3.52. The fourth-order valence-corrected chi connectivity index (χ4v) is 7.29. The van der Waals surface area contributed by atoms with Crippen molar-refractivity contribution >= 4 is 27.7 Å². The molecule has 1 fully saturated rings. The molecule has 38 heavy (non-hydrogen) atoms. The lowest BCUT2D eigenvalue weighted by Crippen LogP contribution is -2.28. The van der Waals surface area contributed by atoms with Gasteiger partial charge in [-0.05, 0) is 42.7 Å². The van der Waals surface area contributed by atoms with E-state index in [-0.39, 0.29) is 29.3 Å². The molecule has 7 rings (SSSR count). The lowest BCUT2D eigenvalue weighted by Gasteiger charge is -2.21. The molecule has 3 aliphatic heterocycles. The van der Waals surface area contributed by atoms with Gasteiger partial charge in [0.15, 0.2) is 5.82 Å². The van der Waals surface area contributed by atoms with Crippen LogP contribution in [0.2, 0.25) is 0 Å². The van der Waals surface area contributed by atoms with Crippen LogP contribution in [0.4, 0.5) is 8.78 Å². The highest BCUT2D eigenvalue weighted by atomic mass is 32.2. The van der Waals surface area contributed by atoms with E-state index in [9.17, 15) is 22.9 Å². The van der Waals surface area contributed by atoms with Crippen molar-refractivity contribution < 1.29 is 27.6 Å². The van der Waals surface area contributed by atoms with Crippen molar-refractivity contribution in [2.75, 3.05) is 11.5 Å². The summed E-state index contributed by atoms with van der Waals surface area (Å²) in [6.07, 6.45) is 4.06. The van der Waals surface area contributed by atoms with Gasteiger partial charge in [0.05, 0.1) is 28.9 Å². The second-order valence-corrected chi connectivity index (χ2v) is 11.4. The van der Waals surface area contributed by atoms with Crippen LogP contribution in [-0.2, 0) is 16.4 Å². The van der Waals surface area contributed by atoms with E-state index in [1.165, 1.54) is 12.1 Å². The highest BCUT2D eigenvalue weighted by Crippen LogP contribution is 2.47. The zero-order valence-corrected chi connectivity index (χ0v) is 20.6. The maximum absolute atomic E-state index is 13.2. The topological polar surface area (TPSA) is 119 Å². The molecule has 3 aliphatic rings. The summed E-state index contributed by atoms with van der Waals surface area (Å²) in [5.41, 5.74) is 2.40. The SMILES string of the molecule is O=C1NC2CC(c3c(OC(F)F)cccc31)n1c2nc2ccc(-c3cnc(C4(O)CCS(=O)C4)nc3)cc21. The van der Waals surface area contributed by atoms with Crippen LogP contribution < -0.4 is 10.1 Å². The molecule has 2 aromatic heterocycles. The van der Waals surface area contributed by atoms with E-state index in [0.29, 0.717) is 46.6 Å². The maximum Gasteiger partial charge on any atom is 0.387 e. The number of hydrogen-bond acceptors (Lipinski definition) is 7. The number of imidazole rings is 1. The number of alkyl halides is 2. The molecule has 0 radical (unpaired) electrons. The number of amides is 1.